The largest absolute Gasteiger partial charge is 0.463 e. The number of rotatable bonds is 10. The van der Waals surface area contributed by atoms with Crippen molar-refractivity contribution in [3.05, 3.63) is 47.5 Å². The number of likely N-dealkylation sites (N-methyl/N-ethyl adjacent to an activating group) is 2. The third kappa shape index (κ3) is 6.70. The quantitative estimate of drug-likeness (QED) is 0.403. The smallest absolute Gasteiger partial charge is 0.337 e. The third-order valence-electron chi connectivity index (χ3n) is 5.43. The summed E-state index contributed by atoms with van der Waals surface area (Å²) in [6, 6.07) is -0.377. The molecule has 0 spiro atoms. The Kier molecular flexibility index (Phi) is 9.33. The SMILES string of the molecule is C/C=C\C(=C/C)CN(C)CCC(C)NC(=O)C1C=C2NC=C(C(=O)OCC)CN2N1C. The van der Waals surface area contributed by atoms with Gasteiger partial charge in [-0.1, -0.05) is 18.2 Å². The summed E-state index contributed by atoms with van der Waals surface area (Å²) in [5.74, 6) is 0.400. The molecule has 2 aliphatic rings. The molecule has 31 heavy (non-hydrogen) atoms. The molecule has 0 saturated heterocycles. The lowest BCUT2D eigenvalue weighted by molar-refractivity contribution is -0.139. The average molecular weight is 432 g/mol. The van der Waals surface area contributed by atoms with Gasteiger partial charge >= 0.3 is 5.97 Å². The van der Waals surface area contributed by atoms with Gasteiger partial charge in [0, 0.05) is 32.4 Å². The third-order valence-corrected chi connectivity index (χ3v) is 5.43. The van der Waals surface area contributed by atoms with Gasteiger partial charge < -0.3 is 20.3 Å². The summed E-state index contributed by atoms with van der Waals surface area (Å²) < 4.78 is 5.08. The maximum Gasteiger partial charge on any atom is 0.337 e. The van der Waals surface area contributed by atoms with E-state index in [1.807, 2.05) is 50.0 Å². The molecule has 2 unspecified atom stereocenters. The second kappa shape index (κ2) is 11.7. The molecule has 0 aromatic rings. The number of fused-ring (bicyclic) bond motifs is 1. The van der Waals surface area contributed by atoms with Crippen LogP contribution in [-0.4, -0.2) is 79.2 Å². The second-order valence-corrected chi connectivity index (χ2v) is 7.96. The van der Waals surface area contributed by atoms with Crippen LogP contribution in [0.5, 0.6) is 0 Å². The molecule has 0 fully saturated rings. The molecule has 2 heterocycles. The van der Waals surface area contributed by atoms with Crippen LogP contribution in [0, 0.1) is 0 Å². The summed E-state index contributed by atoms with van der Waals surface area (Å²) in [7, 11) is 3.94. The van der Waals surface area contributed by atoms with Crippen molar-refractivity contribution in [2.75, 3.05) is 40.3 Å². The normalized spacial score (nSPS) is 20.3. The number of hydrogen-bond donors (Lipinski definition) is 2. The van der Waals surface area contributed by atoms with Crippen molar-refractivity contribution < 1.29 is 14.3 Å². The molecule has 0 saturated carbocycles. The van der Waals surface area contributed by atoms with E-state index in [4.69, 9.17) is 4.74 Å². The van der Waals surface area contributed by atoms with Gasteiger partial charge in [-0.05, 0) is 52.8 Å². The molecule has 0 radical (unpaired) electrons. The van der Waals surface area contributed by atoms with Crippen LogP contribution in [0.3, 0.4) is 0 Å². The highest BCUT2D eigenvalue weighted by Gasteiger charge is 2.37. The monoisotopic (exact) mass is 431 g/mol. The van der Waals surface area contributed by atoms with Gasteiger partial charge in [-0.3, -0.25) is 9.80 Å². The lowest BCUT2D eigenvalue weighted by Crippen LogP contribution is -2.51. The van der Waals surface area contributed by atoms with Crippen LogP contribution in [-0.2, 0) is 14.3 Å². The van der Waals surface area contributed by atoms with Crippen LogP contribution in [0.15, 0.2) is 47.5 Å². The lowest BCUT2D eigenvalue weighted by atomic mass is 10.1. The van der Waals surface area contributed by atoms with Gasteiger partial charge in [-0.25, -0.2) is 9.80 Å². The Balaban J connectivity index is 1.84. The van der Waals surface area contributed by atoms with E-state index < -0.39 is 6.04 Å². The fraction of sp³-hybridized carbons (Fsp3) is 0.565. The van der Waals surface area contributed by atoms with Crippen LogP contribution in [0.4, 0.5) is 0 Å². The maximum absolute atomic E-state index is 12.9. The minimum Gasteiger partial charge on any atom is -0.463 e. The highest BCUT2D eigenvalue weighted by atomic mass is 16.5. The van der Waals surface area contributed by atoms with Crippen molar-refractivity contribution in [2.24, 2.45) is 0 Å². The average Bonchev–Trinajstić information content (AvgIpc) is 3.08. The Hall–Kier alpha value is -2.58. The fourth-order valence-corrected chi connectivity index (χ4v) is 3.60. The molecular formula is C23H37N5O3. The van der Waals surface area contributed by atoms with Crippen LogP contribution in [0.2, 0.25) is 0 Å². The minimum atomic E-state index is -0.429. The van der Waals surface area contributed by atoms with Crippen molar-refractivity contribution in [1.29, 1.82) is 0 Å². The van der Waals surface area contributed by atoms with Crippen LogP contribution < -0.4 is 10.6 Å². The molecule has 0 bridgehead atoms. The van der Waals surface area contributed by atoms with Crippen molar-refractivity contribution in [3.63, 3.8) is 0 Å². The Morgan fingerprint density at radius 2 is 2.16 bits per heavy atom. The first-order chi connectivity index (χ1) is 14.8. The van der Waals surface area contributed by atoms with Crippen LogP contribution in [0.25, 0.3) is 0 Å². The lowest BCUT2D eigenvalue weighted by Gasteiger charge is -2.34. The molecule has 2 atom stereocenters. The minimum absolute atomic E-state index is 0.0522. The van der Waals surface area contributed by atoms with Gasteiger partial charge in [-0.2, -0.15) is 0 Å². The highest BCUT2D eigenvalue weighted by molar-refractivity contribution is 5.89. The Labute approximate surface area is 186 Å². The summed E-state index contributed by atoms with van der Waals surface area (Å²) in [6.07, 6.45) is 10.7. The first kappa shape index (κ1) is 24.7. The maximum atomic E-state index is 12.9. The molecule has 8 heteroatoms. The predicted molar refractivity (Wildman–Crippen MR) is 122 cm³/mol. The van der Waals surface area contributed by atoms with E-state index in [1.165, 1.54) is 5.57 Å². The van der Waals surface area contributed by atoms with Crippen LogP contribution >= 0.6 is 0 Å². The number of nitrogens with one attached hydrogen (secondary N) is 2. The summed E-state index contributed by atoms with van der Waals surface area (Å²) in [4.78, 5) is 27.2. The molecule has 0 aromatic heterocycles. The summed E-state index contributed by atoms with van der Waals surface area (Å²) in [5, 5.41) is 9.95. The van der Waals surface area contributed by atoms with Gasteiger partial charge in [0.2, 0.25) is 5.91 Å². The molecule has 172 valence electrons. The Bertz CT molecular complexity index is 771. The number of nitrogens with zero attached hydrogens (tertiary/aromatic N) is 3. The van der Waals surface area contributed by atoms with E-state index >= 15 is 0 Å². The molecule has 1 amide bonds. The van der Waals surface area contributed by atoms with Gasteiger partial charge in [0.1, 0.15) is 11.9 Å². The Morgan fingerprint density at radius 3 is 2.81 bits per heavy atom. The topological polar surface area (TPSA) is 77.1 Å². The van der Waals surface area contributed by atoms with Gasteiger partial charge in [-0.15, -0.1) is 0 Å². The summed E-state index contributed by atoms with van der Waals surface area (Å²) >= 11 is 0. The molecule has 2 N–H and O–H groups in total. The standard InChI is InChI=1S/C23H37N5O3/c1-7-10-18(8-2)15-26(5)12-11-17(4)25-22(29)20-13-21-24-14-19(23(30)31-9-3)16-28(21)27(20)6/h7-8,10,13-14,17,20,24H,9,11-12,15-16H2,1-6H3,(H,25,29)/b10-7-,18-8+. The van der Waals surface area contributed by atoms with E-state index in [9.17, 15) is 9.59 Å². The summed E-state index contributed by atoms with van der Waals surface area (Å²) in [5.41, 5.74) is 1.81. The number of carbonyl (C=O) groups is 2. The first-order valence-corrected chi connectivity index (χ1v) is 10.9. The number of carbonyl (C=O) groups excluding carboxylic acids is 2. The first-order valence-electron chi connectivity index (χ1n) is 10.9. The fourth-order valence-electron chi connectivity index (χ4n) is 3.60. The summed E-state index contributed by atoms with van der Waals surface area (Å²) in [6.45, 7) is 10.4. The van der Waals surface area contributed by atoms with E-state index in [0.29, 0.717) is 18.7 Å². The van der Waals surface area contributed by atoms with E-state index in [-0.39, 0.29) is 17.9 Å². The van der Waals surface area contributed by atoms with Gasteiger partial charge in [0.05, 0.1) is 18.7 Å². The van der Waals surface area contributed by atoms with Crippen molar-refractivity contribution in [1.82, 2.24) is 25.6 Å². The molecule has 0 aliphatic carbocycles. The highest BCUT2D eigenvalue weighted by Crippen LogP contribution is 2.24. The molecular weight excluding hydrogens is 394 g/mol. The second-order valence-electron chi connectivity index (χ2n) is 7.96. The number of allylic oxidation sites excluding steroid dienone is 2. The van der Waals surface area contributed by atoms with Crippen LogP contribution in [0.1, 0.15) is 34.1 Å². The zero-order valence-electron chi connectivity index (χ0n) is 19.6. The van der Waals surface area contributed by atoms with E-state index in [2.05, 4.69) is 34.7 Å². The Morgan fingerprint density at radius 1 is 1.42 bits per heavy atom. The van der Waals surface area contributed by atoms with E-state index in [0.717, 1.165) is 25.3 Å². The number of amides is 1. The van der Waals surface area contributed by atoms with Crippen molar-refractivity contribution >= 4 is 11.9 Å². The molecule has 2 aliphatic heterocycles. The number of hydrogen-bond acceptors (Lipinski definition) is 7. The van der Waals surface area contributed by atoms with Gasteiger partial charge in [0.25, 0.3) is 0 Å². The zero-order chi connectivity index (χ0) is 23.0. The molecule has 8 nitrogen and oxygen atoms in total. The zero-order valence-corrected chi connectivity index (χ0v) is 19.6. The van der Waals surface area contributed by atoms with Crippen molar-refractivity contribution in [3.8, 4) is 0 Å². The predicted octanol–water partition coefficient (Wildman–Crippen LogP) is 1.76. The number of esters is 1. The van der Waals surface area contributed by atoms with E-state index in [1.54, 1.807) is 13.1 Å². The van der Waals surface area contributed by atoms with Gasteiger partial charge in [0.15, 0.2) is 0 Å². The molecule has 0 aromatic carbocycles. The van der Waals surface area contributed by atoms with Crippen molar-refractivity contribution in [2.45, 2.75) is 46.2 Å². The molecule has 2 rings (SSSR count). The number of hydrazine groups is 1. The number of ether oxygens (including phenoxy) is 1.